The van der Waals surface area contributed by atoms with Crippen LogP contribution < -0.4 is 10.5 Å². The van der Waals surface area contributed by atoms with Crippen molar-refractivity contribution in [3.05, 3.63) is 47.3 Å². The van der Waals surface area contributed by atoms with Gasteiger partial charge in [0.2, 0.25) is 5.95 Å². The molecule has 0 spiro atoms. The summed E-state index contributed by atoms with van der Waals surface area (Å²) in [6, 6.07) is 7.98. The second-order valence-corrected chi connectivity index (χ2v) is 7.01. The molecule has 7 heteroatoms. The number of nitrogens with zero attached hydrogens (tertiary/aromatic N) is 4. The first kappa shape index (κ1) is 19.1. The van der Waals surface area contributed by atoms with E-state index in [4.69, 9.17) is 10.5 Å². The van der Waals surface area contributed by atoms with Crippen LogP contribution in [0.25, 0.3) is 0 Å². The van der Waals surface area contributed by atoms with Gasteiger partial charge in [0.15, 0.2) is 0 Å². The highest BCUT2D eigenvalue weighted by Gasteiger charge is 2.29. The fourth-order valence-electron chi connectivity index (χ4n) is 3.54. The number of methoxy groups -OCH3 is 1. The van der Waals surface area contributed by atoms with Crippen molar-refractivity contribution >= 4 is 11.9 Å². The van der Waals surface area contributed by atoms with Gasteiger partial charge in [-0.05, 0) is 46.0 Å². The van der Waals surface area contributed by atoms with Crippen molar-refractivity contribution in [1.82, 2.24) is 19.8 Å². The molecule has 1 saturated heterocycles. The molecular formula is C20H27N5O2. The SMILES string of the molecule is COc1ccccc1CN(C(=O)c1cnc(N)nc1C)C1CCN(C)CC1. The highest BCUT2D eigenvalue weighted by atomic mass is 16.5. The molecule has 1 aliphatic heterocycles. The molecule has 0 aliphatic carbocycles. The van der Waals surface area contributed by atoms with E-state index in [1.165, 1.54) is 6.20 Å². The van der Waals surface area contributed by atoms with E-state index in [0.29, 0.717) is 17.8 Å². The van der Waals surface area contributed by atoms with Crippen molar-refractivity contribution in [2.75, 3.05) is 33.0 Å². The molecule has 0 bridgehead atoms. The molecular weight excluding hydrogens is 342 g/mol. The summed E-state index contributed by atoms with van der Waals surface area (Å²) in [5, 5.41) is 0. The monoisotopic (exact) mass is 369 g/mol. The van der Waals surface area contributed by atoms with Gasteiger partial charge in [0.05, 0.1) is 18.4 Å². The van der Waals surface area contributed by atoms with E-state index in [1.54, 1.807) is 14.0 Å². The minimum absolute atomic E-state index is 0.0621. The second-order valence-electron chi connectivity index (χ2n) is 7.01. The number of nitrogens with two attached hydrogens (primary N) is 1. The number of para-hydroxylation sites is 1. The summed E-state index contributed by atoms with van der Waals surface area (Å²) in [5.74, 6) is 0.904. The normalized spacial score (nSPS) is 15.5. The van der Waals surface area contributed by atoms with E-state index < -0.39 is 0 Å². The summed E-state index contributed by atoms with van der Waals surface area (Å²) in [5.41, 5.74) is 7.74. The van der Waals surface area contributed by atoms with Crippen molar-refractivity contribution < 1.29 is 9.53 Å². The molecule has 2 aromatic rings. The first-order chi connectivity index (χ1) is 13.0. The molecule has 144 valence electrons. The number of amides is 1. The minimum atomic E-state index is -0.0621. The van der Waals surface area contributed by atoms with Crippen LogP contribution in [0, 0.1) is 6.92 Å². The van der Waals surface area contributed by atoms with Gasteiger partial charge in [-0.25, -0.2) is 9.97 Å². The average molecular weight is 369 g/mol. The Morgan fingerprint density at radius 1 is 1.33 bits per heavy atom. The van der Waals surface area contributed by atoms with E-state index >= 15 is 0 Å². The van der Waals surface area contributed by atoms with Gasteiger partial charge in [0.1, 0.15) is 5.75 Å². The number of hydrogen-bond acceptors (Lipinski definition) is 6. The van der Waals surface area contributed by atoms with E-state index in [-0.39, 0.29) is 17.9 Å². The number of carbonyl (C=O) groups excluding carboxylic acids is 1. The molecule has 2 N–H and O–H groups in total. The molecule has 3 rings (SSSR count). The van der Waals surface area contributed by atoms with Crippen molar-refractivity contribution in [2.24, 2.45) is 0 Å². The standard InChI is InChI=1S/C20H27N5O2/c1-14-17(12-22-20(21)23-14)19(26)25(16-8-10-24(2)11-9-16)13-15-6-4-5-7-18(15)27-3/h4-7,12,16H,8-11,13H2,1-3H3,(H2,21,22,23). The van der Waals surface area contributed by atoms with Gasteiger partial charge in [0.25, 0.3) is 5.91 Å². The number of aromatic nitrogens is 2. The lowest BCUT2D eigenvalue weighted by Gasteiger charge is -2.37. The maximum atomic E-state index is 13.4. The topological polar surface area (TPSA) is 84.6 Å². The van der Waals surface area contributed by atoms with Crippen LogP contribution >= 0.6 is 0 Å². The third kappa shape index (κ3) is 4.36. The van der Waals surface area contributed by atoms with Gasteiger partial charge in [-0.15, -0.1) is 0 Å². The number of ether oxygens (including phenoxy) is 1. The molecule has 1 aromatic carbocycles. The van der Waals surface area contributed by atoms with Crippen LogP contribution in [0.5, 0.6) is 5.75 Å². The Balaban J connectivity index is 1.92. The van der Waals surface area contributed by atoms with Gasteiger partial charge in [-0.3, -0.25) is 4.79 Å². The van der Waals surface area contributed by atoms with E-state index in [1.807, 2.05) is 29.2 Å². The molecule has 1 aliphatic rings. The van der Waals surface area contributed by atoms with Gasteiger partial charge in [-0.2, -0.15) is 0 Å². The molecule has 0 radical (unpaired) electrons. The number of rotatable bonds is 5. The third-order valence-electron chi connectivity index (χ3n) is 5.15. The molecule has 0 unspecified atom stereocenters. The van der Waals surface area contributed by atoms with Crippen LogP contribution in [-0.4, -0.2) is 59.0 Å². The minimum Gasteiger partial charge on any atom is -0.496 e. The van der Waals surface area contributed by atoms with Gasteiger partial charge in [-0.1, -0.05) is 18.2 Å². The summed E-state index contributed by atoms with van der Waals surface area (Å²) >= 11 is 0. The molecule has 2 heterocycles. The Hall–Kier alpha value is -2.67. The van der Waals surface area contributed by atoms with Crippen molar-refractivity contribution in [3.63, 3.8) is 0 Å². The van der Waals surface area contributed by atoms with E-state index in [0.717, 1.165) is 37.2 Å². The van der Waals surface area contributed by atoms with Gasteiger partial charge < -0.3 is 20.3 Å². The van der Waals surface area contributed by atoms with Crippen LogP contribution in [0.3, 0.4) is 0 Å². The predicted octanol–water partition coefficient (Wildman–Crippen LogP) is 2.11. The zero-order valence-electron chi connectivity index (χ0n) is 16.2. The number of likely N-dealkylation sites (tertiary alicyclic amines) is 1. The lowest BCUT2D eigenvalue weighted by Crippen LogP contribution is -2.46. The Morgan fingerprint density at radius 3 is 2.70 bits per heavy atom. The summed E-state index contributed by atoms with van der Waals surface area (Å²) in [7, 11) is 3.76. The maximum Gasteiger partial charge on any atom is 0.257 e. The summed E-state index contributed by atoms with van der Waals surface area (Å²) < 4.78 is 5.49. The van der Waals surface area contributed by atoms with Crippen LogP contribution in [0.4, 0.5) is 5.95 Å². The van der Waals surface area contributed by atoms with Crippen LogP contribution in [0.1, 0.15) is 34.5 Å². The molecule has 7 nitrogen and oxygen atoms in total. The fourth-order valence-corrected chi connectivity index (χ4v) is 3.54. The zero-order chi connectivity index (χ0) is 19.4. The van der Waals surface area contributed by atoms with Crippen molar-refractivity contribution in [2.45, 2.75) is 32.4 Å². The third-order valence-corrected chi connectivity index (χ3v) is 5.15. The highest BCUT2D eigenvalue weighted by Crippen LogP contribution is 2.25. The van der Waals surface area contributed by atoms with Gasteiger partial charge in [0, 0.05) is 24.3 Å². The lowest BCUT2D eigenvalue weighted by molar-refractivity contribution is 0.0566. The summed E-state index contributed by atoms with van der Waals surface area (Å²) in [6.07, 6.45) is 3.41. The quantitative estimate of drug-likeness (QED) is 0.869. The zero-order valence-corrected chi connectivity index (χ0v) is 16.2. The van der Waals surface area contributed by atoms with Crippen LogP contribution in [0.15, 0.2) is 30.5 Å². The maximum absolute atomic E-state index is 13.4. The van der Waals surface area contributed by atoms with Crippen LogP contribution in [0.2, 0.25) is 0 Å². The second kappa shape index (κ2) is 8.35. The average Bonchev–Trinajstić information content (AvgIpc) is 2.67. The highest BCUT2D eigenvalue weighted by molar-refractivity contribution is 5.95. The fraction of sp³-hybridized carbons (Fsp3) is 0.450. The van der Waals surface area contributed by atoms with E-state index in [2.05, 4.69) is 21.9 Å². The number of carbonyl (C=O) groups is 1. The number of aryl methyl sites for hydroxylation is 1. The number of nitrogen functional groups attached to an aromatic ring is 1. The predicted molar refractivity (Wildman–Crippen MR) is 105 cm³/mol. The number of benzene rings is 1. The number of piperidine rings is 1. The van der Waals surface area contributed by atoms with Crippen molar-refractivity contribution in [1.29, 1.82) is 0 Å². The number of anilines is 1. The first-order valence-corrected chi connectivity index (χ1v) is 9.20. The first-order valence-electron chi connectivity index (χ1n) is 9.20. The molecule has 1 fully saturated rings. The molecule has 0 saturated carbocycles. The Bertz CT molecular complexity index is 803. The summed E-state index contributed by atoms with van der Waals surface area (Å²) in [4.78, 5) is 25.8. The van der Waals surface area contributed by atoms with Crippen molar-refractivity contribution in [3.8, 4) is 5.75 Å². The molecule has 1 aromatic heterocycles. The van der Waals surface area contributed by atoms with E-state index in [9.17, 15) is 4.79 Å². The molecule has 27 heavy (non-hydrogen) atoms. The molecule has 1 amide bonds. The Kier molecular flexibility index (Phi) is 5.91. The Morgan fingerprint density at radius 2 is 2.04 bits per heavy atom. The smallest absolute Gasteiger partial charge is 0.257 e. The summed E-state index contributed by atoms with van der Waals surface area (Å²) in [6.45, 7) is 4.22. The van der Waals surface area contributed by atoms with Crippen LogP contribution in [-0.2, 0) is 6.54 Å². The Labute approximate surface area is 160 Å². The number of hydrogen-bond donors (Lipinski definition) is 1. The molecule has 0 atom stereocenters. The largest absolute Gasteiger partial charge is 0.496 e. The lowest BCUT2D eigenvalue weighted by atomic mass is 10.0. The van der Waals surface area contributed by atoms with Gasteiger partial charge >= 0.3 is 0 Å².